The summed E-state index contributed by atoms with van der Waals surface area (Å²) < 4.78 is 5.58. The minimum absolute atomic E-state index is 0.211. The third kappa shape index (κ3) is 2.36. The van der Waals surface area contributed by atoms with E-state index in [1.54, 1.807) is 6.07 Å². The largest absolute Gasteiger partial charge is 0.491 e. The van der Waals surface area contributed by atoms with E-state index in [1.165, 1.54) is 6.07 Å². The Morgan fingerprint density at radius 2 is 1.91 bits per heavy atom. The maximum Gasteiger partial charge on any atom is 0.252 e. The second-order valence-corrected chi connectivity index (χ2v) is 5.47. The highest BCUT2D eigenvalue weighted by molar-refractivity contribution is 6.06. The van der Waals surface area contributed by atoms with Crippen LogP contribution in [0.3, 0.4) is 0 Å². The summed E-state index contributed by atoms with van der Waals surface area (Å²) in [5, 5.41) is 3.67. The fraction of sp³-hybridized carbons (Fsp3) is 0.111. The van der Waals surface area contributed by atoms with Crippen molar-refractivity contribution in [2.45, 2.75) is 6.04 Å². The smallest absolute Gasteiger partial charge is 0.252 e. The highest BCUT2D eigenvalue weighted by Crippen LogP contribution is 2.32. The Balaban J connectivity index is 1.70. The first kappa shape index (κ1) is 13.6. The maximum absolute atomic E-state index is 12.7. The minimum Gasteiger partial charge on any atom is -0.491 e. The standard InChI is InChI=1S/C18H14N2O3/c21-17-9-13(11-5-1-3-7-14(11)19-17)18(22)20-15-10-23-16-8-4-2-6-12(15)16/h1-9,15H,10H2,(H,19,21)(H,20,22)/t15-/m1/s1. The van der Waals surface area contributed by atoms with Crippen molar-refractivity contribution in [2.24, 2.45) is 0 Å². The van der Waals surface area contributed by atoms with E-state index in [9.17, 15) is 9.59 Å². The summed E-state index contributed by atoms with van der Waals surface area (Å²) in [6.45, 7) is 0.395. The van der Waals surface area contributed by atoms with Gasteiger partial charge in [0.15, 0.2) is 0 Å². The summed E-state index contributed by atoms with van der Waals surface area (Å²) in [6.07, 6.45) is 0. The van der Waals surface area contributed by atoms with Gasteiger partial charge in [-0.3, -0.25) is 9.59 Å². The van der Waals surface area contributed by atoms with Crippen molar-refractivity contribution in [3.63, 3.8) is 0 Å². The normalized spacial score (nSPS) is 15.9. The lowest BCUT2D eigenvalue weighted by molar-refractivity contribution is 0.0932. The van der Waals surface area contributed by atoms with Gasteiger partial charge in [-0.2, -0.15) is 0 Å². The first-order chi connectivity index (χ1) is 11.2. The minimum atomic E-state index is -0.295. The number of pyridine rings is 1. The fourth-order valence-corrected chi connectivity index (χ4v) is 2.91. The predicted molar refractivity (Wildman–Crippen MR) is 86.7 cm³/mol. The molecule has 23 heavy (non-hydrogen) atoms. The Kier molecular flexibility index (Phi) is 3.12. The van der Waals surface area contributed by atoms with Crippen LogP contribution < -0.4 is 15.6 Å². The lowest BCUT2D eigenvalue weighted by atomic mass is 10.1. The zero-order chi connectivity index (χ0) is 15.8. The number of fused-ring (bicyclic) bond motifs is 2. The fourth-order valence-electron chi connectivity index (χ4n) is 2.91. The Bertz CT molecular complexity index is 962. The topological polar surface area (TPSA) is 71.2 Å². The number of carbonyl (C=O) groups is 1. The van der Waals surface area contributed by atoms with Crippen molar-refractivity contribution < 1.29 is 9.53 Å². The summed E-state index contributed by atoms with van der Waals surface area (Å²) in [5.41, 5.74) is 1.67. The molecule has 4 rings (SSSR count). The molecule has 0 unspecified atom stereocenters. The van der Waals surface area contributed by atoms with Gasteiger partial charge in [-0.25, -0.2) is 0 Å². The van der Waals surface area contributed by atoms with E-state index in [0.29, 0.717) is 17.7 Å². The Labute approximate surface area is 131 Å². The number of aromatic nitrogens is 1. The lowest BCUT2D eigenvalue weighted by Crippen LogP contribution is -2.30. The maximum atomic E-state index is 12.7. The van der Waals surface area contributed by atoms with Gasteiger partial charge in [0, 0.05) is 22.5 Å². The molecule has 0 aliphatic carbocycles. The molecule has 1 aliphatic rings. The molecule has 3 aromatic rings. The van der Waals surface area contributed by atoms with E-state index >= 15 is 0 Å². The SMILES string of the molecule is O=C(N[C@@H]1COc2ccccc21)c1cc(=O)[nH]c2ccccc12. The van der Waals surface area contributed by atoms with Crippen LogP contribution in [-0.2, 0) is 0 Å². The Morgan fingerprint density at radius 3 is 2.83 bits per heavy atom. The van der Waals surface area contributed by atoms with Gasteiger partial charge in [-0.1, -0.05) is 36.4 Å². The van der Waals surface area contributed by atoms with Crippen LogP contribution in [0.4, 0.5) is 0 Å². The average Bonchev–Trinajstić information content (AvgIpc) is 2.97. The van der Waals surface area contributed by atoms with Crippen LogP contribution >= 0.6 is 0 Å². The van der Waals surface area contributed by atoms with Gasteiger partial charge in [0.05, 0.1) is 11.6 Å². The molecule has 0 fully saturated rings. The van der Waals surface area contributed by atoms with Crippen molar-refractivity contribution in [3.8, 4) is 5.75 Å². The van der Waals surface area contributed by atoms with E-state index in [4.69, 9.17) is 4.74 Å². The van der Waals surface area contributed by atoms with E-state index in [0.717, 1.165) is 16.7 Å². The summed E-state index contributed by atoms with van der Waals surface area (Å²) in [6, 6.07) is 16.0. The van der Waals surface area contributed by atoms with Gasteiger partial charge in [0.25, 0.3) is 5.91 Å². The highest BCUT2D eigenvalue weighted by Gasteiger charge is 2.26. The second-order valence-electron chi connectivity index (χ2n) is 5.47. The van der Waals surface area contributed by atoms with Crippen LogP contribution in [-0.4, -0.2) is 17.5 Å². The molecule has 5 heteroatoms. The molecule has 1 atom stereocenters. The Morgan fingerprint density at radius 1 is 1.13 bits per heavy atom. The van der Waals surface area contributed by atoms with Crippen LogP contribution in [0.15, 0.2) is 59.4 Å². The Hall–Kier alpha value is -3.08. The van der Waals surface area contributed by atoms with Crippen molar-refractivity contribution in [3.05, 3.63) is 76.1 Å². The number of carbonyl (C=O) groups excluding carboxylic acids is 1. The van der Waals surface area contributed by atoms with Crippen LogP contribution in [0.1, 0.15) is 22.0 Å². The van der Waals surface area contributed by atoms with Crippen LogP contribution in [0, 0.1) is 0 Å². The monoisotopic (exact) mass is 306 g/mol. The van der Waals surface area contributed by atoms with Crippen molar-refractivity contribution in [1.82, 2.24) is 10.3 Å². The molecule has 1 amide bonds. The molecule has 0 saturated carbocycles. The van der Waals surface area contributed by atoms with E-state index in [-0.39, 0.29) is 17.5 Å². The molecule has 2 N–H and O–H groups in total. The highest BCUT2D eigenvalue weighted by atomic mass is 16.5. The van der Waals surface area contributed by atoms with Crippen molar-refractivity contribution >= 4 is 16.8 Å². The third-order valence-corrected chi connectivity index (χ3v) is 4.00. The van der Waals surface area contributed by atoms with E-state index in [1.807, 2.05) is 42.5 Å². The van der Waals surface area contributed by atoms with Gasteiger partial charge < -0.3 is 15.0 Å². The number of para-hydroxylation sites is 2. The molecule has 114 valence electrons. The van der Waals surface area contributed by atoms with Crippen molar-refractivity contribution in [2.75, 3.05) is 6.61 Å². The summed E-state index contributed by atoms with van der Waals surface area (Å²) in [4.78, 5) is 27.2. The second kappa shape index (κ2) is 5.28. The number of nitrogens with one attached hydrogen (secondary N) is 2. The molecular formula is C18H14N2O3. The van der Waals surface area contributed by atoms with Gasteiger partial charge in [0.2, 0.25) is 5.56 Å². The zero-order valence-corrected chi connectivity index (χ0v) is 12.2. The molecule has 0 saturated heterocycles. The predicted octanol–water partition coefficient (Wildman–Crippen LogP) is 2.39. The number of hydrogen-bond acceptors (Lipinski definition) is 3. The molecule has 2 heterocycles. The zero-order valence-electron chi connectivity index (χ0n) is 12.2. The van der Waals surface area contributed by atoms with Crippen LogP contribution in [0.2, 0.25) is 0 Å². The van der Waals surface area contributed by atoms with Gasteiger partial charge in [0.1, 0.15) is 12.4 Å². The molecule has 5 nitrogen and oxygen atoms in total. The molecule has 0 bridgehead atoms. The third-order valence-electron chi connectivity index (χ3n) is 4.00. The number of hydrogen-bond donors (Lipinski definition) is 2. The number of ether oxygens (including phenoxy) is 1. The number of benzene rings is 2. The number of amides is 1. The van der Waals surface area contributed by atoms with Crippen LogP contribution in [0.25, 0.3) is 10.9 Å². The van der Waals surface area contributed by atoms with Gasteiger partial charge in [-0.15, -0.1) is 0 Å². The quantitative estimate of drug-likeness (QED) is 0.763. The molecule has 0 radical (unpaired) electrons. The summed E-state index contributed by atoms with van der Waals surface area (Å²) in [7, 11) is 0. The molecule has 1 aromatic heterocycles. The van der Waals surface area contributed by atoms with Crippen molar-refractivity contribution in [1.29, 1.82) is 0 Å². The van der Waals surface area contributed by atoms with Gasteiger partial charge in [-0.05, 0) is 12.1 Å². The first-order valence-corrected chi connectivity index (χ1v) is 7.37. The molecule has 2 aromatic carbocycles. The van der Waals surface area contributed by atoms with Gasteiger partial charge >= 0.3 is 0 Å². The summed E-state index contributed by atoms with van der Waals surface area (Å²) >= 11 is 0. The molecule has 0 spiro atoms. The lowest BCUT2D eigenvalue weighted by Gasteiger charge is -2.13. The summed E-state index contributed by atoms with van der Waals surface area (Å²) in [5.74, 6) is 0.506. The van der Waals surface area contributed by atoms with Crippen LogP contribution in [0.5, 0.6) is 5.75 Å². The van der Waals surface area contributed by atoms with E-state index < -0.39 is 0 Å². The molecular weight excluding hydrogens is 292 g/mol. The number of H-pyrrole nitrogens is 1. The number of aromatic amines is 1. The average molecular weight is 306 g/mol. The molecule has 1 aliphatic heterocycles. The number of rotatable bonds is 2. The van der Waals surface area contributed by atoms with E-state index in [2.05, 4.69) is 10.3 Å². The first-order valence-electron chi connectivity index (χ1n) is 7.37.